The quantitative estimate of drug-likeness (QED) is 0.779. The minimum Gasteiger partial charge on any atom is -0.444 e. The predicted molar refractivity (Wildman–Crippen MR) is 108 cm³/mol. The zero-order valence-electron chi connectivity index (χ0n) is 16.8. The third-order valence-electron chi connectivity index (χ3n) is 4.63. The van der Waals surface area contributed by atoms with Crippen LogP contribution in [-0.4, -0.2) is 71.2 Å². The van der Waals surface area contributed by atoms with Crippen LogP contribution < -0.4 is 5.32 Å². The number of aliphatic imine (C=N–C) groups is 1. The van der Waals surface area contributed by atoms with Crippen molar-refractivity contribution in [2.75, 3.05) is 32.7 Å². The first kappa shape index (κ1) is 19.9. The van der Waals surface area contributed by atoms with E-state index in [4.69, 9.17) is 4.74 Å². The summed E-state index contributed by atoms with van der Waals surface area (Å²) in [5.41, 5.74) is 0.662. The van der Waals surface area contributed by atoms with Gasteiger partial charge in [-0.25, -0.2) is 9.78 Å². The number of piperazine rings is 1. The number of ether oxygens (including phenoxy) is 1. The van der Waals surface area contributed by atoms with Crippen molar-refractivity contribution in [2.45, 2.75) is 58.6 Å². The number of fused-ring (bicyclic) bond motifs is 1. The van der Waals surface area contributed by atoms with Crippen molar-refractivity contribution in [2.24, 2.45) is 4.99 Å². The fraction of sp³-hybridized carbons (Fsp3) is 0.737. The minimum atomic E-state index is -0.454. The molecule has 2 aliphatic heterocycles. The molecule has 1 amide bonds. The molecule has 3 heterocycles. The van der Waals surface area contributed by atoms with Crippen LogP contribution in [-0.2, 0) is 11.2 Å². The van der Waals surface area contributed by atoms with Gasteiger partial charge in [-0.1, -0.05) is 0 Å². The maximum absolute atomic E-state index is 12.3. The lowest BCUT2D eigenvalue weighted by Crippen LogP contribution is -2.57. The van der Waals surface area contributed by atoms with Gasteiger partial charge in [-0.15, -0.1) is 11.3 Å². The maximum atomic E-state index is 12.3. The lowest BCUT2D eigenvalue weighted by atomic mass is 10.2. The number of hydrogen-bond acceptors (Lipinski definition) is 7. The summed E-state index contributed by atoms with van der Waals surface area (Å²) in [4.78, 5) is 25.5. The fourth-order valence-corrected chi connectivity index (χ4v) is 4.16. The summed E-state index contributed by atoms with van der Waals surface area (Å²) in [7, 11) is 0. The van der Waals surface area contributed by atoms with E-state index in [1.807, 2.05) is 27.7 Å². The van der Waals surface area contributed by atoms with Crippen LogP contribution in [0.2, 0.25) is 0 Å². The largest absolute Gasteiger partial charge is 0.444 e. The van der Waals surface area contributed by atoms with Crippen LogP contribution in [0.15, 0.2) is 10.4 Å². The van der Waals surface area contributed by atoms with Gasteiger partial charge in [0.1, 0.15) is 5.60 Å². The van der Waals surface area contributed by atoms with Crippen molar-refractivity contribution >= 4 is 23.4 Å². The number of unbranched alkanes of at least 4 members (excludes halogenated alkanes) is 1. The molecule has 0 bridgehead atoms. The first-order valence-electron chi connectivity index (χ1n) is 9.76. The normalized spacial score (nSPS) is 19.7. The van der Waals surface area contributed by atoms with Crippen LogP contribution >= 0.6 is 11.3 Å². The molecule has 1 N–H and O–H groups in total. The standard InChI is InChI=1S/C19H31N5O2S/c1-14-13-27-16(22-14)7-5-6-8-20-17-21-11-15-12-23(9-10-24(15)17)18(25)26-19(2,3)4/h13,15H,5-12H2,1-4H3,(H,20,21). The van der Waals surface area contributed by atoms with Crippen molar-refractivity contribution in [3.05, 3.63) is 16.1 Å². The van der Waals surface area contributed by atoms with Crippen molar-refractivity contribution in [3.8, 4) is 0 Å². The number of guanidine groups is 1. The van der Waals surface area contributed by atoms with E-state index in [1.165, 1.54) is 5.01 Å². The SMILES string of the molecule is Cc1csc(CCCCNC2=NCC3CN(C(=O)OC(C)(C)C)CCN23)n1. The van der Waals surface area contributed by atoms with Crippen LogP contribution in [0.1, 0.15) is 44.3 Å². The van der Waals surface area contributed by atoms with Crippen LogP contribution in [0.25, 0.3) is 0 Å². The summed E-state index contributed by atoms with van der Waals surface area (Å²) in [6.07, 6.45) is 3.05. The molecule has 0 aromatic carbocycles. The lowest BCUT2D eigenvalue weighted by molar-refractivity contribution is 0.0137. The Kier molecular flexibility index (Phi) is 6.24. The molecule has 0 radical (unpaired) electrons. The molecule has 1 saturated heterocycles. The Morgan fingerprint density at radius 3 is 2.89 bits per heavy atom. The van der Waals surface area contributed by atoms with Gasteiger partial charge in [-0.3, -0.25) is 4.99 Å². The van der Waals surface area contributed by atoms with Crippen LogP contribution in [0, 0.1) is 6.92 Å². The molecule has 0 saturated carbocycles. The number of aryl methyl sites for hydroxylation is 2. The zero-order chi connectivity index (χ0) is 19.4. The molecule has 1 fully saturated rings. The Bertz CT molecular complexity index is 682. The summed E-state index contributed by atoms with van der Waals surface area (Å²) in [5, 5.41) is 6.81. The van der Waals surface area contributed by atoms with Gasteiger partial charge < -0.3 is 19.9 Å². The van der Waals surface area contributed by atoms with E-state index in [2.05, 4.69) is 25.6 Å². The summed E-state index contributed by atoms with van der Waals surface area (Å²) in [6, 6.07) is 0.257. The van der Waals surface area contributed by atoms with E-state index in [0.29, 0.717) is 13.1 Å². The van der Waals surface area contributed by atoms with Gasteiger partial charge in [-0.05, 0) is 47.0 Å². The van der Waals surface area contributed by atoms with Gasteiger partial charge in [0.2, 0.25) is 0 Å². The molecule has 150 valence electrons. The summed E-state index contributed by atoms with van der Waals surface area (Å²) >= 11 is 1.75. The molecule has 1 atom stereocenters. The molecule has 3 rings (SSSR count). The summed E-state index contributed by atoms with van der Waals surface area (Å²) in [5.74, 6) is 0.980. The van der Waals surface area contributed by atoms with Gasteiger partial charge in [0, 0.05) is 37.3 Å². The fourth-order valence-electron chi connectivity index (χ4n) is 3.34. The zero-order valence-corrected chi connectivity index (χ0v) is 17.6. The van der Waals surface area contributed by atoms with Gasteiger partial charge in [0.25, 0.3) is 0 Å². The average molecular weight is 394 g/mol. The Balaban J connectivity index is 1.37. The average Bonchev–Trinajstić information content (AvgIpc) is 3.19. The van der Waals surface area contributed by atoms with Gasteiger partial charge in [0.15, 0.2) is 5.96 Å². The molecule has 1 aromatic rings. The first-order valence-corrected chi connectivity index (χ1v) is 10.6. The number of carbonyl (C=O) groups excluding carboxylic acids is 1. The van der Waals surface area contributed by atoms with Crippen LogP contribution in [0.5, 0.6) is 0 Å². The van der Waals surface area contributed by atoms with Crippen LogP contribution in [0.3, 0.4) is 0 Å². The third-order valence-corrected chi connectivity index (χ3v) is 5.65. The Labute approximate surface area is 165 Å². The van der Waals surface area contributed by atoms with E-state index in [0.717, 1.165) is 50.6 Å². The van der Waals surface area contributed by atoms with Crippen molar-refractivity contribution in [3.63, 3.8) is 0 Å². The Morgan fingerprint density at radius 1 is 1.37 bits per heavy atom. The van der Waals surface area contributed by atoms with E-state index in [-0.39, 0.29) is 12.1 Å². The Hall–Kier alpha value is -1.83. The highest BCUT2D eigenvalue weighted by Gasteiger charge is 2.36. The number of thiazole rings is 1. The van der Waals surface area contributed by atoms with Crippen LogP contribution in [0.4, 0.5) is 4.79 Å². The summed E-state index contributed by atoms with van der Waals surface area (Å²) < 4.78 is 5.49. The van der Waals surface area contributed by atoms with Crippen molar-refractivity contribution < 1.29 is 9.53 Å². The molecule has 27 heavy (non-hydrogen) atoms. The molecule has 8 heteroatoms. The second-order valence-corrected chi connectivity index (χ2v) is 9.15. The van der Waals surface area contributed by atoms with E-state index >= 15 is 0 Å². The molecule has 1 aromatic heterocycles. The van der Waals surface area contributed by atoms with Crippen molar-refractivity contribution in [1.29, 1.82) is 0 Å². The smallest absolute Gasteiger partial charge is 0.410 e. The van der Waals surface area contributed by atoms with E-state index < -0.39 is 5.60 Å². The molecule has 2 aliphatic rings. The van der Waals surface area contributed by atoms with E-state index in [1.54, 1.807) is 16.2 Å². The molecular weight excluding hydrogens is 362 g/mol. The highest BCUT2D eigenvalue weighted by molar-refractivity contribution is 7.09. The van der Waals surface area contributed by atoms with Gasteiger partial charge >= 0.3 is 6.09 Å². The molecular formula is C19H31N5O2S. The number of rotatable bonds is 5. The second-order valence-electron chi connectivity index (χ2n) is 8.20. The van der Waals surface area contributed by atoms with E-state index in [9.17, 15) is 4.79 Å². The number of nitrogens with zero attached hydrogens (tertiary/aromatic N) is 4. The molecule has 0 aliphatic carbocycles. The number of amides is 1. The Morgan fingerprint density at radius 2 is 2.19 bits per heavy atom. The molecule has 0 spiro atoms. The highest BCUT2D eigenvalue weighted by Crippen LogP contribution is 2.18. The van der Waals surface area contributed by atoms with Crippen molar-refractivity contribution in [1.82, 2.24) is 20.1 Å². The topological polar surface area (TPSA) is 70.1 Å². The highest BCUT2D eigenvalue weighted by atomic mass is 32.1. The lowest BCUT2D eigenvalue weighted by Gasteiger charge is -2.39. The number of nitrogens with one attached hydrogen (secondary N) is 1. The monoisotopic (exact) mass is 393 g/mol. The molecule has 7 nitrogen and oxygen atoms in total. The second kappa shape index (κ2) is 8.46. The number of aromatic nitrogens is 1. The predicted octanol–water partition coefficient (Wildman–Crippen LogP) is 2.65. The number of carbonyl (C=O) groups is 1. The van der Waals surface area contributed by atoms with Gasteiger partial charge in [0.05, 0.1) is 17.6 Å². The van der Waals surface area contributed by atoms with Gasteiger partial charge in [-0.2, -0.15) is 0 Å². The maximum Gasteiger partial charge on any atom is 0.410 e. The summed E-state index contributed by atoms with van der Waals surface area (Å²) in [6.45, 7) is 11.5. The first-order chi connectivity index (χ1) is 12.8. The molecule has 1 unspecified atom stereocenters. The third kappa shape index (κ3) is 5.57. The number of hydrogen-bond donors (Lipinski definition) is 1. The minimum absolute atomic E-state index is 0.221.